The number of hydrogen-bond acceptors (Lipinski definition) is 5. The first-order chi connectivity index (χ1) is 8.69. The highest BCUT2D eigenvalue weighted by Gasteiger charge is 2.30. The highest BCUT2D eigenvalue weighted by molar-refractivity contribution is 5.87. The highest BCUT2D eigenvalue weighted by atomic mass is 35.5. The van der Waals surface area contributed by atoms with E-state index in [1.807, 2.05) is 6.92 Å². The van der Waals surface area contributed by atoms with Crippen molar-refractivity contribution in [2.75, 3.05) is 39.5 Å². The fraction of sp³-hybridized carbons (Fsp3) is 0.833. The molecule has 1 amide bonds. The van der Waals surface area contributed by atoms with Gasteiger partial charge in [-0.2, -0.15) is 0 Å². The lowest BCUT2D eigenvalue weighted by molar-refractivity contribution is -0.148. The van der Waals surface area contributed by atoms with Crippen LogP contribution in [-0.2, 0) is 19.1 Å². The fourth-order valence-corrected chi connectivity index (χ4v) is 1.88. The number of nitrogens with one attached hydrogen (secondary N) is 1. The fourth-order valence-electron chi connectivity index (χ4n) is 1.88. The van der Waals surface area contributed by atoms with Gasteiger partial charge < -0.3 is 19.7 Å². The number of carbonyl (C=O) groups is 2. The van der Waals surface area contributed by atoms with Gasteiger partial charge in [0.1, 0.15) is 0 Å². The average Bonchev–Trinajstić information content (AvgIpc) is 2.34. The smallest absolute Gasteiger partial charge is 0.307 e. The Labute approximate surface area is 120 Å². The Morgan fingerprint density at radius 3 is 2.79 bits per heavy atom. The highest BCUT2D eigenvalue weighted by Crippen LogP contribution is 2.06. The molecule has 112 valence electrons. The molecule has 0 saturated carbocycles. The van der Waals surface area contributed by atoms with Gasteiger partial charge in [0.2, 0.25) is 5.91 Å². The third-order valence-electron chi connectivity index (χ3n) is 2.77. The Balaban J connectivity index is 0.00000324. The molecule has 0 aromatic rings. The van der Waals surface area contributed by atoms with Crippen LogP contribution in [0.5, 0.6) is 0 Å². The van der Waals surface area contributed by atoms with Crippen molar-refractivity contribution in [3.05, 3.63) is 0 Å². The molecule has 1 saturated heterocycles. The predicted octanol–water partition coefficient (Wildman–Crippen LogP) is 0.198. The van der Waals surface area contributed by atoms with Crippen molar-refractivity contribution in [1.82, 2.24) is 10.2 Å². The first kappa shape index (κ1) is 18.1. The molecule has 1 unspecified atom stereocenters. The van der Waals surface area contributed by atoms with Crippen molar-refractivity contribution in [3.8, 4) is 0 Å². The maximum Gasteiger partial charge on any atom is 0.307 e. The molecule has 0 aromatic carbocycles. The molecule has 1 aliphatic heterocycles. The maximum absolute atomic E-state index is 12.1. The topological polar surface area (TPSA) is 67.9 Å². The van der Waals surface area contributed by atoms with E-state index < -0.39 is 6.04 Å². The Hall–Kier alpha value is -0.850. The number of amides is 1. The molecule has 0 bridgehead atoms. The molecule has 1 fully saturated rings. The minimum absolute atomic E-state index is 0. The second kappa shape index (κ2) is 10.00. The minimum atomic E-state index is -0.459. The lowest BCUT2D eigenvalue weighted by atomic mass is 10.1. The van der Waals surface area contributed by atoms with Crippen LogP contribution in [0.25, 0.3) is 0 Å². The lowest BCUT2D eigenvalue weighted by Gasteiger charge is -2.32. The second-order valence-electron chi connectivity index (χ2n) is 4.04. The van der Waals surface area contributed by atoms with E-state index in [1.165, 1.54) is 0 Å². The summed E-state index contributed by atoms with van der Waals surface area (Å²) in [5.74, 6) is -0.385. The van der Waals surface area contributed by atoms with Crippen LogP contribution in [0.2, 0.25) is 0 Å². The SMILES string of the molecule is CCOCCN1CCNC(CC(=O)OCC)C1=O.Cl. The van der Waals surface area contributed by atoms with Crippen LogP contribution in [-0.4, -0.2) is 62.3 Å². The van der Waals surface area contributed by atoms with Gasteiger partial charge in [0.05, 0.1) is 25.7 Å². The second-order valence-corrected chi connectivity index (χ2v) is 4.04. The van der Waals surface area contributed by atoms with E-state index in [9.17, 15) is 9.59 Å². The Morgan fingerprint density at radius 2 is 2.16 bits per heavy atom. The van der Waals surface area contributed by atoms with E-state index in [2.05, 4.69) is 5.32 Å². The molecule has 1 aliphatic rings. The van der Waals surface area contributed by atoms with Crippen molar-refractivity contribution in [2.45, 2.75) is 26.3 Å². The van der Waals surface area contributed by atoms with Crippen molar-refractivity contribution < 1.29 is 19.1 Å². The van der Waals surface area contributed by atoms with Gasteiger partial charge in [0, 0.05) is 26.2 Å². The Morgan fingerprint density at radius 1 is 1.42 bits per heavy atom. The van der Waals surface area contributed by atoms with Gasteiger partial charge in [-0.1, -0.05) is 0 Å². The number of ether oxygens (including phenoxy) is 2. The summed E-state index contributed by atoms with van der Waals surface area (Å²) in [5.41, 5.74) is 0. The maximum atomic E-state index is 12.1. The molecular formula is C12H23ClN2O4. The largest absolute Gasteiger partial charge is 0.466 e. The molecule has 1 N–H and O–H groups in total. The monoisotopic (exact) mass is 294 g/mol. The van der Waals surface area contributed by atoms with Gasteiger partial charge in [-0.3, -0.25) is 9.59 Å². The quantitative estimate of drug-likeness (QED) is 0.537. The molecular weight excluding hydrogens is 272 g/mol. The van der Waals surface area contributed by atoms with Crippen LogP contribution in [0, 0.1) is 0 Å². The van der Waals surface area contributed by atoms with Crippen LogP contribution < -0.4 is 5.32 Å². The van der Waals surface area contributed by atoms with E-state index in [0.717, 1.165) is 0 Å². The van der Waals surface area contributed by atoms with Crippen molar-refractivity contribution in [1.29, 1.82) is 0 Å². The number of hydrogen-bond donors (Lipinski definition) is 1. The molecule has 0 aromatic heterocycles. The standard InChI is InChI=1S/C12H22N2O4.ClH/c1-3-17-8-7-14-6-5-13-10(12(14)16)9-11(15)18-4-2;/h10,13H,3-9H2,1-2H3;1H. The van der Waals surface area contributed by atoms with Crippen LogP contribution in [0.3, 0.4) is 0 Å². The van der Waals surface area contributed by atoms with Crippen LogP contribution in [0.15, 0.2) is 0 Å². The number of piperazine rings is 1. The molecule has 0 radical (unpaired) electrons. The molecule has 0 aliphatic carbocycles. The van der Waals surface area contributed by atoms with Crippen LogP contribution in [0.4, 0.5) is 0 Å². The summed E-state index contributed by atoms with van der Waals surface area (Å²) in [4.78, 5) is 25.2. The lowest BCUT2D eigenvalue weighted by Crippen LogP contribution is -2.56. The Bertz CT molecular complexity index is 289. The zero-order valence-electron chi connectivity index (χ0n) is 11.5. The van der Waals surface area contributed by atoms with E-state index in [0.29, 0.717) is 39.5 Å². The number of esters is 1. The summed E-state index contributed by atoms with van der Waals surface area (Å²) in [6.07, 6.45) is 0.0950. The average molecular weight is 295 g/mol. The molecule has 7 heteroatoms. The zero-order chi connectivity index (χ0) is 13.4. The molecule has 1 atom stereocenters. The van der Waals surface area contributed by atoms with Gasteiger partial charge in [-0.05, 0) is 13.8 Å². The zero-order valence-corrected chi connectivity index (χ0v) is 12.3. The van der Waals surface area contributed by atoms with Gasteiger partial charge in [-0.25, -0.2) is 0 Å². The van der Waals surface area contributed by atoms with E-state index in [-0.39, 0.29) is 30.7 Å². The first-order valence-corrected chi connectivity index (χ1v) is 6.44. The first-order valence-electron chi connectivity index (χ1n) is 6.44. The predicted molar refractivity (Wildman–Crippen MR) is 73.4 cm³/mol. The molecule has 1 rings (SSSR count). The Kier molecular flexibility index (Phi) is 9.55. The molecule has 0 spiro atoms. The summed E-state index contributed by atoms with van der Waals surface area (Å²) < 4.78 is 10.1. The van der Waals surface area contributed by atoms with Crippen LogP contribution >= 0.6 is 12.4 Å². The van der Waals surface area contributed by atoms with Crippen molar-refractivity contribution in [2.24, 2.45) is 0 Å². The normalized spacial score (nSPS) is 18.9. The molecule has 6 nitrogen and oxygen atoms in total. The van der Waals surface area contributed by atoms with Crippen molar-refractivity contribution >= 4 is 24.3 Å². The molecule has 1 heterocycles. The summed E-state index contributed by atoms with van der Waals surface area (Å²) >= 11 is 0. The van der Waals surface area contributed by atoms with Crippen molar-refractivity contribution in [3.63, 3.8) is 0 Å². The van der Waals surface area contributed by atoms with Gasteiger partial charge in [0.25, 0.3) is 0 Å². The minimum Gasteiger partial charge on any atom is -0.466 e. The van der Waals surface area contributed by atoms with E-state index in [1.54, 1.807) is 11.8 Å². The van der Waals surface area contributed by atoms with Crippen LogP contribution in [0.1, 0.15) is 20.3 Å². The van der Waals surface area contributed by atoms with E-state index >= 15 is 0 Å². The number of halogens is 1. The third kappa shape index (κ3) is 6.22. The van der Waals surface area contributed by atoms with Gasteiger partial charge in [-0.15, -0.1) is 12.4 Å². The summed E-state index contributed by atoms with van der Waals surface area (Å²) in [7, 11) is 0. The number of nitrogens with zero attached hydrogens (tertiary/aromatic N) is 1. The number of carbonyl (C=O) groups excluding carboxylic acids is 2. The summed E-state index contributed by atoms with van der Waals surface area (Å²) in [5, 5.41) is 3.05. The number of rotatable bonds is 7. The summed E-state index contributed by atoms with van der Waals surface area (Å²) in [6.45, 7) is 7.13. The third-order valence-corrected chi connectivity index (χ3v) is 2.77. The van der Waals surface area contributed by atoms with Gasteiger partial charge in [0.15, 0.2) is 0 Å². The van der Waals surface area contributed by atoms with E-state index in [4.69, 9.17) is 9.47 Å². The summed E-state index contributed by atoms with van der Waals surface area (Å²) in [6, 6.07) is -0.459. The molecule has 19 heavy (non-hydrogen) atoms. The van der Waals surface area contributed by atoms with Gasteiger partial charge >= 0.3 is 5.97 Å².